The van der Waals surface area contributed by atoms with Crippen LogP contribution in [0, 0.1) is 0 Å². The molecule has 44 valence electrons. The monoisotopic (exact) mass is 114 g/mol. The molecule has 0 bridgehead atoms. The summed E-state index contributed by atoms with van der Waals surface area (Å²) in [6.45, 7) is -2.24. The Labute approximate surface area is 39.0 Å². The molecule has 0 saturated carbocycles. The van der Waals surface area contributed by atoms with Crippen molar-refractivity contribution in [3.8, 4) is 0 Å². The Morgan fingerprint density at radius 3 is 1.71 bits per heavy atom. The second kappa shape index (κ2) is 3.92. The van der Waals surface area contributed by atoms with Crippen LogP contribution in [0.4, 0.5) is 13.3 Å². The SMILES string of the molecule is FCC(CF)OF. The quantitative estimate of drug-likeness (QED) is 0.535. The fourth-order valence-electron chi connectivity index (χ4n) is 0.0889. The van der Waals surface area contributed by atoms with E-state index in [1.54, 1.807) is 0 Å². The van der Waals surface area contributed by atoms with Gasteiger partial charge in [0, 0.05) is 0 Å². The first kappa shape index (κ1) is 6.75. The van der Waals surface area contributed by atoms with E-state index >= 15 is 0 Å². The average Bonchev–Trinajstić information content (AvgIpc) is 1.72. The molecule has 0 amide bonds. The van der Waals surface area contributed by atoms with E-state index in [2.05, 4.69) is 4.94 Å². The first-order valence-corrected chi connectivity index (χ1v) is 1.74. The highest BCUT2D eigenvalue weighted by molar-refractivity contribution is 4.47. The van der Waals surface area contributed by atoms with E-state index in [1.807, 2.05) is 0 Å². The molecule has 0 heterocycles. The van der Waals surface area contributed by atoms with E-state index in [9.17, 15) is 13.3 Å². The third kappa shape index (κ3) is 2.45. The lowest BCUT2D eigenvalue weighted by molar-refractivity contribution is -0.187. The van der Waals surface area contributed by atoms with Gasteiger partial charge in [-0.15, -0.1) is 0 Å². The fourth-order valence-corrected chi connectivity index (χ4v) is 0.0889. The zero-order valence-electron chi connectivity index (χ0n) is 3.53. The van der Waals surface area contributed by atoms with Crippen LogP contribution in [0.25, 0.3) is 0 Å². The summed E-state index contributed by atoms with van der Waals surface area (Å²) < 4.78 is 32.8. The maximum atomic E-state index is 11.1. The van der Waals surface area contributed by atoms with Crippen LogP contribution in [-0.2, 0) is 4.94 Å². The van der Waals surface area contributed by atoms with E-state index in [0.29, 0.717) is 0 Å². The van der Waals surface area contributed by atoms with E-state index in [1.165, 1.54) is 0 Å². The summed E-state index contributed by atoms with van der Waals surface area (Å²) >= 11 is 0. The molecule has 0 atom stereocenters. The molecule has 0 unspecified atom stereocenters. The van der Waals surface area contributed by atoms with Gasteiger partial charge < -0.3 is 0 Å². The van der Waals surface area contributed by atoms with Crippen LogP contribution in [0.3, 0.4) is 0 Å². The molecule has 0 aliphatic heterocycles. The molecule has 0 spiro atoms. The molecule has 0 aromatic carbocycles. The van der Waals surface area contributed by atoms with Crippen LogP contribution in [0.15, 0.2) is 0 Å². The summed E-state index contributed by atoms with van der Waals surface area (Å²) in [4.78, 5) is 2.80. The first-order chi connectivity index (χ1) is 3.35. The molecule has 0 fully saturated rings. The van der Waals surface area contributed by atoms with Crippen molar-refractivity contribution in [2.24, 2.45) is 0 Å². The number of alkyl halides is 2. The Bertz CT molecular complexity index is 31.7. The van der Waals surface area contributed by atoms with Gasteiger partial charge in [0.2, 0.25) is 0 Å². The number of halogens is 3. The minimum atomic E-state index is -1.51. The molecule has 0 N–H and O–H groups in total. The average molecular weight is 114 g/mol. The second-order valence-electron chi connectivity index (χ2n) is 1.02. The zero-order chi connectivity index (χ0) is 5.70. The lowest BCUT2D eigenvalue weighted by Crippen LogP contribution is -2.12. The molecule has 0 aliphatic rings. The van der Waals surface area contributed by atoms with Crippen LogP contribution < -0.4 is 0 Å². The Hall–Kier alpha value is -0.250. The van der Waals surface area contributed by atoms with E-state index in [-0.39, 0.29) is 0 Å². The Kier molecular flexibility index (Phi) is 3.78. The minimum absolute atomic E-state index is 1.12. The van der Waals surface area contributed by atoms with Gasteiger partial charge in [0.25, 0.3) is 0 Å². The summed E-state index contributed by atoms with van der Waals surface area (Å²) in [5, 5.41) is 0. The second-order valence-corrected chi connectivity index (χ2v) is 1.02. The lowest BCUT2D eigenvalue weighted by atomic mass is 10.4. The fraction of sp³-hybridized carbons (Fsp3) is 1.00. The topological polar surface area (TPSA) is 9.23 Å². The van der Waals surface area contributed by atoms with Gasteiger partial charge in [-0.3, -0.25) is 0 Å². The summed E-state index contributed by atoms with van der Waals surface area (Å²) in [7, 11) is 0. The summed E-state index contributed by atoms with van der Waals surface area (Å²) in [5.74, 6) is 0. The molecule has 0 radical (unpaired) electrons. The van der Waals surface area contributed by atoms with E-state index in [0.717, 1.165) is 0 Å². The molecule has 0 aliphatic carbocycles. The van der Waals surface area contributed by atoms with Gasteiger partial charge in [-0.1, -0.05) is 0 Å². The van der Waals surface area contributed by atoms with Crippen molar-refractivity contribution < 1.29 is 18.2 Å². The number of hydrogen-bond acceptors (Lipinski definition) is 1. The van der Waals surface area contributed by atoms with Crippen molar-refractivity contribution >= 4 is 0 Å². The third-order valence-electron chi connectivity index (χ3n) is 0.470. The van der Waals surface area contributed by atoms with Crippen LogP contribution in [0.2, 0.25) is 0 Å². The molecule has 4 heteroatoms. The van der Waals surface area contributed by atoms with Gasteiger partial charge in [0.1, 0.15) is 13.3 Å². The van der Waals surface area contributed by atoms with Crippen molar-refractivity contribution in [3.63, 3.8) is 0 Å². The standard InChI is InChI=1S/C3H5F3O/c4-1-3(2-5)7-6/h3H,1-2H2. The van der Waals surface area contributed by atoms with Crippen LogP contribution >= 0.6 is 0 Å². The Morgan fingerprint density at radius 1 is 1.29 bits per heavy atom. The highest BCUT2D eigenvalue weighted by Gasteiger charge is 2.06. The van der Waals surface area contributed by atoms with Gasteiger partial charge in [0.15, 0.2) is 6.10 Å². The molecule has 0 aromatic rings. The predicted molar refractivity (Wildman–Crippen MR) is 17.9 cm³/mol. The zero-order valence-corrected chi connectivity index (χ0v) is 3.53. The van der Waals surface area contributed by atoms with Crippen LogP contribution in [0.1, 0.15) is 0 Å². The van der Waals surface area contributed by atoms with E-state index < -0.39 is 19.5 Å². The third-order valence-corrected chi connectivity index (χ3v) is 0.470. The smallest absolute Gasteiger partial charge is 0.155 e. The van der Waals surface area contributed by atoms with Crippen molar-refractivity contribution in [1.29, 1.82) is 0 Å². The summed E-state index contributed by atoms with van der Waals surface area (Å²) in [5.41, 5.74) is 0. The van der Waals surface area contributed by atoms with Crippen LogP contribution in [0.5, 0.6) is 0 Å². The number of rotatable bonds is 3. The van der Waals surface area contributed by atoms with Crippen molar-refractivity contribution in [3.05, 3.63) is 0 Å². The maximum Gasteiger partial charge on any atom is 0.155 e. The van der Waals surface area contributed by atoms with Gasteiger partial charge >= 0.3 is 0 Å². The Morgan fingerprint density at radius 2 is 1.71 bits per heavy atom. The van der Waals surface area contributed by atoms with Gasteiger partial charge in [-0.25, -0.2) is 8.78 Å². The van der Waals surface area contributed by atoms with Crippen molar-refractivity contribution in [2.75, 3.05) is 13.3 Å². The molecule has 0 aromatic heterocycles. The molecule has 0 rings (SSSR count). The van der Waals surface area contributed by atoms with Gasteiger partial charge in [-0.05, 0) is 4.53 Å². The molecule has 7 heavy (non-hydrogen) atoms. The molecule has 0 saturated heterocycles. The summed E-state index contributed by atoms with van der Waals surface area (Å²) in [6, 6.07) is 0. The van der Waals surface area contributed by atoms with Crippen LogP contribution in [-0.4, -0.2) is 19.5 Å². The summed E-state index contributed by atoms with van der Waals surface area (Å²) in [6.07, 6.45) is -1.51. The first-order valence-electron chi connectivity index (χ1n) is 1.74. The normalized spacial score (nSPS) is 10.3. The number of hydrogen-bond donors (Lipinski definition) is 0. The Balaban J connectivity index is 2.99. The molecule has 1 nitrogen and oxygen atoms in total. The van der Waals surface area contributed by atoms with Gasteiger partial charge in [0.05, 0.1) is 0 Å². The van der Waals surface area contributed by atoms with Crippen molar-refractivity contribution in [2.45, 2.75) is 6.10 Å². The minimum Gasteiger partial charge on any atom is -0.248 e. The molecular weight excluding hydrogens is 109 g/mol. The lowest BCUT2D eigenvalue weighted by Gasteiger charge is -1.97. The van der Waals surface area contributed by atoms with E-state index in [4.69, 9.17) is 0 Å². The van der Waals surface area contributed by atoms with Gasteiger partial charge in [-0.2, -0.15) is 4.94 Å². The predicted octanol–water partition coefficient (Wildman–Crippen LogP) is 1.20. The maximum absolute atomic E-state index is 11.1. The van der Waals surface area contributed by atoms with Crippen molar-refractivity contribution in [1.82, 2.24) is 0 Å². The highest BCUT2D eigenvalue weighted by Crippen LogP contribution is 1.92. The molecular formula is C3H5F3O. The largest absolute Gasteiger partial charge is 0.248 e. The highest BCUT2D eigenvalue weighted by atomic mass is 19.3.